The summed E-state index contributed by atoms with van der Waals surface area (Å²) in [5, 5.41) is 20.9. The Balaban J connectivity index is 3.00. The highest BCUT2D eigenvalue weighted by Crippen LogP contribution is 2.17. The van der Waals surface area contributed by atoms with Crippen LogP contribution in [-0.4, -0.2) is 28.2 Å². The van der Waals surface area contributed by atoms with E-state index in [1.54, 1.807) is 30.3 Å². The van der Waals surface area contributed by atoms with Crippen molar-refractivity contribution in [3.05, 3.63) is 48.0 Å². The third-order valence-corrected chi connectivity index (χ3v) is 2.40. The summed E-state index contributed by atoms with van der Waals surface area (Å²) in [4.78, 5) is 22.4. The molecule has 0 aliphatic rings. The number of carbonyl (C=O) groups excluding carboxylic acids is 1. The quantitative estimate of drug-likeness (QED) is 0.676. The minimum Gasteiger partial charge on any atom is -0.479 e. The number of aliphatic hydroxyl groups excluding tert-OH is 1. The van der Waals surface area contributed by atoms with E-state index >= 15 is 0 Å². The largest absolute Gasteiger partial charge is 0.479 e. The first-order valence-corrected chi connectivity index (χ1v) is 5.35. The molecule has 0 aliphatic heterocycles. The standard InChI is InChI=1S/C13H15NO4/c1-8(2)12(16)14-10(11(15)13(17)18)9-6-4-3-5-7-9/h3-7,10-11,15H,1H2,2H3,(H,14,16)(H,17,18)/t10-,11+/m0/s1. The zero-order valence-corrected chi connectivity index (χ0v) is 9.96. The Morgan fingerprint density at radius 1 is 1.28 bits per heavy atom. The minimum atomic E-state index is -1.71. The SMILES string of the molecule is C=C(C)C(=O)N[C@@H](c1ccccc1)[C@@H](O)C(=O)O. The number of aliphatic hydroxyl groups is 1. The maximum Gasteiger partial charge on any atom is 0.335 e. The lowest BCUT2D eigenvalue weighted by Crippen LogP contribution is -2.40. The van der Waals surface area contributed by atoms with Crippen molar-refractivity contribution in [3.63, 3.8) is 0 Å². The van der Waals surface area contributed by atoms with Crippen molar-refractivity contribution in [2.24, 2.45) is 0 Å². The first kappa shape index (κ1) is 13.9. The van der Waals surface area contributed by atoms with Crippen molar-refractivity contribution in [2.75, 3.05) is 0 Å². The predicted molar refractivity (Wildman–Crippen MR) is 65.8 cm³/mol. The Morgan fingerprint density at radius 3 is 2.28 bits per heavy atom. The zero-order chi connectivity index (χ0) is 13.7. The predicted octanol–water partition coefficient (Wildman–Crippen LogP) is 0.865. The molecule has 0 fully saturated rings. The number of aliphatic carboxylic acids is 1. The van der Waals surface area contributed by atoms with Gasteiger partial charge < -0.3 is 15.5 Å². The number of carboxylic acids is 1. The van der Waals surface area contributed by atoms with Crippen molar-refractivity contribution in [1.29, 1.82) is 0 Å². The van der Waals surface area contributed by atoms with Crippen molar-refractivity contribution in [2.45, 2.75) is 19.1 Å². The summed E-state index contributed by atoms with van der Waals surface area (Å²) in [6.07, 6.45) is -1.71. The van der Waals surface area contributed by atoms with E-state index < -0.39 is 24.0 Å². The second-order valence-corrected chi connectivity index (χ2v) is 3.93. The Hall–Kier alpha value is -2.14. The Bertz CT molecular complexity index is 455. The van der Waals surface area contributed by atoms with Crippen LogP contribution in [0.15, 0.2) is 42.5 Å². The molecule has 0 saturated heterocycles. The molecule has 1 aromatic carbocycles. The fourth-order valence-electron chi connectivity index (χ4n) is 1.41. The average molecular weight is 249 g/mol. The molecule has 0 bridgehead atoms. The lowest BCUT2D eigenvalue weighted by atomic mass is 10.0. The minimum absolute atomic E-state index is 0.244. The first-order valence-electron chi connectivity index (χ1n) is 5.35. The van der Waals surface area contributed by atoms with Gasteiger partial charge in [0.25, 0.3) is 0 Å². The van der Waals surface area contributed by atoms with E-state index in [0.29, 0.717) is 5.56 Å². The molecule has 5 nitrogen and oxygen atoms in total. The van der Waals surface area contributed by atoms with Gasteiger partial charge in [0, 0.05) is 5.57 Å². The topological polar surface area (TPSA) is 86.6 Å². The van der Waals surface area contributed by atoms with Crippen LogP contribution in [0.4, 0.5) is 0 Å². The number of rotatable bonds is 5. The third kappa shape index (κ3) is 3.43. The van der Waals surface area contributed by atoms with Crippen LogP contribution in [-0.2, 0) is 9.59 Å². The monoisotopic (exact) mass is 249 g/mol. The summed E-state index contributed by atoms with van der Waals surface area (Å²) >= 11 is 0. The molecule has 1 aromatic rings. The molecule has 0 saturated carbocycles. The second-order valence-electron chi connectivity index (χ2n) is 3.93. The van der Waals surface area contributed by atoms with Gasteiger partial charge in [-0.05, 0) is 12.5 Å². The van der Waals surface area contributed by atoms with Crippen molar-refractivity contribution in [1.82, 2.24) is 5.32 Å². The molecular weight excluding hydrogens is 234 g/mol. The van der Waals surface area contributed by atoms with Crippen molar-refractivity contribution >= 4 is 11.9 Å². The second kappa shape index (κ2) is 5.97. The molecule has 0 unspecified atom stereocenters. The van der Waals surface area contributed by atoms with Gasteiger partial charge in [-0.15, -0.1) is 0 Å². The first-order chi connectivity index (χ1) is 8.43. The highest BCUT2D eigenvalue weighted by atomic mass is 16.4. The van der Waals surface area contributed by atoms with Gasteiger partial charge in [0.1, 0.15) is 0 Å². The molecule has 3 N–H and O–H groups in total. The number of carboxylic acid groups (broad SMARTS) is 1. The van der Waals surface area contributed by atoms with Gasteiger partial charge in [-0.1, -0.05) is 36.9 Å². The van der Waals surface area contributed by atoms with Gasteiger partial charge in [-0.2, -0.15) is 0 Å². The van der Waals surface area contributed by atoms with Gasteiger partial charge in [0.05, 0.1) is 6.04 Å². The smallest absolute Gasteiger partial charge is 0.335 e. The molecule has 0 radical (unpaired) electrons. The number of amides is 1. The molecule has 1 amide bonds. The van der Waals surface area contributed by atoms with Crippen LogP contribution < -0.4 is 5.32 Å². The molecular formula is C13H15NO4. The highest BCUT2D eigenvalue weighted by Gasteiger charge is 2.28. The average Bonchev–Trinajstić information content (AvgIpc) is 2.35. The fraction of sp³-hybridized carbons (Fsp3) is 0.231. The summed E-state index contributed by atoms with van der Waals surface area (Å²) in [5.74, 6) is -1.89. The molecule has 5 heteroatoms. The lowest BCUT2D eigenvalue weighted by Gasteiger charge is -2.21. The van der Waals surface area contributed by atoms with E-state index in [1.165, 1.54) is 6.92 Å². The van der Waals surface area contributed by atoms with E-state index in [9.17, 15) is 14.7 Å². The van der Waals surface area contributed by atoms with Crippen molar-refractivity contribution < 1.29 is 19.8 Å². The van der Waals surface area contributed by atoms with Crippen LogP contribution in [0.3, 0.4) is 0 Å². The van der Waals surface area contributed by atoms with E-state index in [2.05, 4.69) is 11.9 Å². The van der Waals surface area contributed by atoms with Crippen LogP contribution >= 0.6 is 0 Å². The van der Waals surface area contributed by atoms with E-state index in [1.807, 2.05) is 0 Å². The van der Waals surface area contributed by atoms with Crippen LogP contribution in [0.1, 0.15) is 18.5 Å². The van der Waals surface area contributed by atoms with E-state index in [4.69, 9.17) is 5.11 Å². The third-order valence-electron chi connectivity index (χ3n) is 2.40. The van der Waals surface area contributed by atoms with Crippen LogP contribution in [0, 0.1) is 0 Å². The van der Waals surface area contributed by atoms with Gasteiger partial charge in [-0.25, -0.2) is 4.79 Å². The van der Waals surface area contributed by atoms with Crippen molar-refractivity contribution in [3.8, 4) is 0 Å². The Kier molecular flexibility index (Phi) is 4.62. The number of benzene rings is 1. The molecule has 2 atom stereocenters. The summed E-state index contributed by atoms with van der Waals surface area (Å²) in [7, 11) is 0. The Morgan fingerprint density at radius 2 is 1.83 bits per heavy atom. The maximum absolute atomic E-state index is 11.5. The molecule has 0 spiro atoms. The summed E-state index contributed by atoms with van der Waals surface area (Å²) < 4.78 is 0. The van der Waals surface area contributed by atoms with Gasteiger partial charge >= 0.3 is 5.97 Å². The van der Waals surface area contributed by atoms with Crippen LogP contribution in [0.5, 0.6) is 0 Å². The lowest BCUT2D eigenvalue weighted by molar-refractivity contribution is -0.148. The molecule has 96 valence electrons. The molecule has 18 heavy (non-hydrogen) atoms. The number of hydrogen-bond acceptors (Lipinski definition) is 3. The molecule has 0 aromatic heterocycles. The van der Waals surface area contributed by atoms with E-state index in [0.717, 1.165) is 0 Å². The number of nitrogens with one attached hydrogen (secondary N) is 1. The van der Waals surface area contributed by atoms with Crippen LogP contribution in [0.2, 0.25) is 0 Å². The normalized spacial score (nSPS) is 13.4. The van der Waals surface area contributed by atoms with Gasteiger partial charge in [-0.3, -0.25) is 4.79 Å². The maximum atomic E-state index is 11.5. The van der Waals surface area contributed by atoms with Crippen LogP contribution in [0.25, 0.3) is 0 Å². The zero-order valence-electron chi connectivity index (χ0n) is 9.96. The van der Waals surface area contributed by atoms with Gasteiger partial charge in [0.2, 0.25) is 5.91 Å². The molecule has 0 aliphatic carbocycles. The van der Waals surface area contributed by atoms with E-state index in [-0.39, 0.29) is 5.57 Å². The fourth-order valence-corrected chi connectivity index (χ4v) is 1.41. The summed E-state index contributed by atoms with van der Waals surface area (Å²) in [5.41, 5.74) is 0.760. The highest BCUT2D eigenvalue weighted by molar-refractivity contribution is 5.92. The number of carbonyl (C=O) groups is 2. The van der Waals surface area contributed by atoms with Gasteiger partial charge in [0.15, 0.2) is 6.10 Å². The Labute approximate surface area is 105 Å². The number of hydrogen-bond donors (Lipinski definition) is 3. The summed E-state index contributed by atoms with van der Waals surface area (Å²) in [6, 6.07) is 7.42. The summed E-state index contributed by atoms with van der Waals surface area (Å²) in [6.45, 7) is 4.97. The molecule has 0 heterocycles. The molecule has 1 rings (SSSR count).